The quantitative estimate of drug-likeness (QED) is 0.433. The monoisotopic (exact) mass is 370 g/mol. The second kappa shape index (κ2) is 14.0. The first kappa shape index (κ1) is 24.9. The summed E-state index contributed by atoms with van der Waals surface area (Å²) in [5.74, 6) is 0. The van der Waals surface area contributed by atoms with Gasteiger partial charge in [0.2, 0.25) is 0 Å². The molecular formula is C28H34. The number of benzene rings is 3. The summed E-state index contributed by atoms with van der Waals surface area (Å²) in [5, 5.41) is 0. The Balaban J connectivity index is 0.000000384. The van der Waals surface area contributed by atoms with E-state index < -0.39 is 0 Å². The maximum atomic E-state index is 3.69. The summed E-state index contributed by atoms with van der Waals surface area (Å²) in [6.45, 7) is 17.3. The molecule has 0 heteroatoms. The normalized spacial score (nSPS) is 8.68. The molecule has 0 heterocycles. The molecule has 3 aromatic carbocycles. The zero-order chi connectivity index (χ0) is 20.1. The van der Waals surface area contributed by atoms with Crippen LogP contribution in [0.25, 0.3) is 18.2 Å². The fraction of sp³-hybridized carbons (Fsp3) is 0.143. The van der Waals surface area contributed by atoms with E-state index in [1.165, 1.54) is 33.4 Å². The predicted octanol–water partition coefficient (Wildman–Crippen LogP) is 8.55. The van der Waals surface area contributed by atoms with Crippen molar-refractivity contribution in [3.63, 3.8) is 0 Å². The lowest BCUT2D eigenvalue weighted by molar-refractivity contribution is 1.45. The highest BCUT2D eigenvalue weighted by molar-refractivity contribution is 5.51. The SMILES string of the molecule is C.C=Cc1ccc(C)cc1.C=Cc1cccc(C)c1.C=Cc1ccccc1C. The molecular weight excluding hydrogens is 336 g/mol. The van der Waals surface area contributed by atoms with Gasteiger partial charge in [0.25, 0.3) is 0 Å². The first-order chi connectivity index (χ1) is 13.0. The zero-order valence-corrected chi connectivity index (χ0v) is 16.8. The lowest BCUT2D eigenvalue weighted by Gasteiger charge is -1.95. The van der Waals surface area contributed by atoms with E-state index in [0.29, 0.717) is 0 Å². The zero-order valence-electron chi connectivity index (χ0n) is 16.8. The van der Waals surface area contributed by atoms with Crippen LogP contribution in [0.5, 0.6) is 0 Å². The molecule has 0 N–H and O–H groups in total. The molecule has 0 saturated carbocycles. The summed E-state index contributed by atoms with van der Waals surface area (Å²) in [5.41, 5.74) is 7.45. The van der Waals surface area contributed by atoms with Crippen molar-refractivity contribution in [2.45, 2.75) is 28.2 Å². The Kier molecular flexibility index (Phi) is 12.4. The van der Waals surface area contributed by atoms with E-state index in [9.17, 15) is 0 Å². The van der Waals surface area contributed by atoms with Crippen molar-refractivity contribution < 1.29 is 0 Å². The van der Waals surface area contributed by atoms with Crippen LogP contribution in [-0.4, -0.2) is 0 Å². The van der Waals surface area contributed by atoms with Gasteiger partial charge in [-0.15, -0.1) is 0 Å². The largest absolute Gasteiger partial charge is 0.0985 e. The highest BCUT2D eigenvalue weighted by Crippen LogP contribution is 2.07. The van der Waals surface area contributed by atoms with Gasteiger partial charge in [-0.2, -0.15) is 0 Å². The highest BCUT2D eigenvalue weighted by Gasteiger charge is 1.87. The highest BCUT2D eigenvalue weighted by atomic mass is 13.9. The van der Waals surface area contributed by atoms with E-state index >= 15 is 0 Å². The Morgan fingerprint density at radius 3 is 1.61 bits per heavy atom. The molecule has 0 aliphatic carbocycles. The van der Waals surface area contributed by atoms with Gasteiger partial charge in [0.15, 0.2) is 0 Å². The molecule has 0 spiro atoms. The van der Waals surface area contributed by atoms with Gasteiger partial charge in [0, 0.05) is 0 Å². The minimum atomic E-state index is 0. The molecule has 146 valence electrons. The van der Waals surface area contributed by atoms with Gasteiger partial charge in [-0.25, -0.2) is 0 Å². The standard InChI is InChI=1S/3C9H10.CH4/c1-3-9-6-4-8(2)5-7-9;1-3-9-6-4-5-8(2)7-9;1-3-9-7-5-4-6-8(9)2;/h3*3-7H,1H2,2H3;1H4. The molecule has 0 fully saturated rings. The van der Waals surface area contributed by atoms with Gasteiger partial charge in [-0.05, 0) is 43.0 Å². The number of hydrogen-bond donors (Lipinski definition) is 0. The molecule has 28 heavy (non-hydrogen) atoms. The maximum Gasteiger partial charge on any atom is -0.0233 e. The van der Waals surface area contributed by atoms with Gasteiger partial charge in [-0.1, -0.05) is 129 Å². The summed E-state index contributed by atoms with van der Waals surface area (Å²) < 4.78 is 0. The minimum absolute atomic E-state index is 0. The van der Waals surface area contributed by atoms with Crippen molar-refractivity contribution in [2.75, 3.05) is 0 Å². The fourth-order valence-corrected chi connectivity index (χ4v) is 2.32. The van der Waals surface area contributed by atoms with Crippen LogP contribution in [0, 0.1) is 20.8 Å². The summed E-state index contributed by atoms with van der Waals surface area (Å²) in [6.07, 6.45) is 5.57. The fourth-order valence-electron chi connectivity index (χ4n) is 2.32. The van der Waals surface area contributed by atoms with Gasteiger partial charge >= 0.3 is 0 Å². The van der Waals surface area contributed by atoms with Crippen molar-refractivity contribution >= 4 is 18.2 Å². The van der Waals surface area contributed by atoms with Crippen LogP contribution in [0.3, 0.4) is 0 Å². The third-order valence-corrected chi connectivity index (χ3v) is 4.00. The van der Waals surface area contributed by atoms with Gasteiger partial charge in [0.1, 0.15) is 0 Å². The Morgan fingerprint density at radius 2 is 1.18 bits per heavy atom. The first-order valence-electron chi connectivity index (χ1n) is 9.06. The Bertz CT molecular complexity index is 851. The number of rotatable bonds is 3. The Labute approximate surface area is 172 Å². The van der Waals surface area contributed by atoms with Crippen molar-refractivity contribution in [1.29, 1.82) is 0 Å². The third-order valence-electron chi connectivity index (χ3n) is 4.00. The molecule has 0 bridgehead atoms. The Morgan fingerprint density at radius 1 is 0.571 bits per heavy atom. The summed E-state index contributed by atoms with van der Waals surface area (Å²) in [7, 11) is 0. The molecule has 0 unspecified atom stereocenters. The van der Waals surface area contributed by atoms with Gasteiger partial charge < -0.3 is 0 Å². The second-order valence-corrected chi connectivity index (χ2v) is 6.29. The van der Waals surface area contributed by atoms with Crippen LogP contribution in [0.15, 0.2) is 92.5 Å². The number of hydrogen-bond acceptors (Lipinski definition) is 0. The topological polar surface area (TPSA) is 0 Å². The Hall–Kier alpha value is -3.12. The first-order valence-corrected chi connectivity index (χ1v) is 9.06. The van der Waals surface area contributed by atoms with Crippen LogP contribution in [0.1, 0.15) is 40.8 Å². The van der Waals surface area contributed by atoms with Crippen molar-refractivity contribution in [1.82, 2.24) is 0 Å². The van der Waals surface area contributed by atoms with E-state index in [1.807, 2.05) is 42.5 Å². The summed E-state index contributed by atoms with van der Waals surface area (Å²) in [4.78, 5) is 0. The van der Waals surface area contributed by atoms with Gasteiger partial charge in [-0.3, -0.25) is 0 Å². The van der Waals surface area contributed by atoms with Crippen LogP contribution in [0.2, 0.25) is 0 Å². The molecule has 0 aliphatic rings. The third kappa shape index (κ3) is 9.54. The number of aryl methyl sites for hydroxylation is 3. The lowest BCUT2D eigenvalue weighted by Crippen LogP contribution is -1.75. The smallest absolute Gasteiger partial charge is 0.0233 e. The molecule has 3 rings (SSSR count). The molecule has 0 amide bonds. The molecule has 0 radical (unpaired) electrons. The minimum Gasteiger partial charge on any atom is -0.0985 e. The molecule has 0 aromatic heterocycles. The van der Waals surface area contributed by atoms with E-state index in [-0.39, 0.29) is 7.43 Å². The summed E-state index contributed by atoms with van der Waals surface area (Å²) >= 11 is 0. The van der Waals surface area contributed by atoms with Crippen molar-refractivity contribution in [3.05, 3.63) is 126 Å². The van der Waals surface area contributed by atoms with E-state index in [1.54, 1.807) is 0 Å². The predicted molar refractivity (Wildman–Crippen MR) is 131 cm³/mol. The molecule has 3 aromatic rings. The average Bonchev–Trinajstić information content (AvgIpc) is 2.70. The molecule has 0 aliphatic heterocycles. The van der Waals surface area contributed by atoms with E-state index in [2.05, 4.69) is 89.0 Å². The summed E-state index contributed by atoms with van der Waals surface area (Å²) in [6, 6.07) is 24.7. The van der Waals surface area contributed by atoms with Crippen LogP contribution in [0.4, 0.5) is 0 Å². The molecule has 0 atom stereocenters. The second-order valence-electron chi connectivity index (χ2n) is 6.29. The van der Waals surface area contributed by atoms with Gasteiger partial charge in [0.05, 0.1) is 0 Å². The van der Waals surface area contributed by atoms with Crippen molar-refractivity contribution in [2.24, 2.45) is 0 Å². The van der Waals surface area contributed by atoms with E-state index in [4.69, 9.17) is 0 Å². The van der Waals surface area contributed by atoms with Crippen LogP contribution in [-0.2, 0) is 0 Å². The van der Waals surface area contributed by atoms with E-state index in [0.717, 1.165) is 0 Å². The maximum absolute atomic E-state index is 3.69. The van der Waals surface area contributed by atoms with Crippen LogP contribution < -0.4 is 0 Å². The molecule has 0 saturated heterocycles. The van der Waals surface area contributed by atoms with Crippen LogP contribution >= 0.6 is 0 Å². The lowest BCUT2D eigenvalue weighted by atomic mass is 10.1. The van der Waals surface area contributed by atoms with Crippen molar-refractivity contribution in [3.8, 4) is 0 Å². The molecule has 0 nitrogen and oxygen atoms in total. The average molecular weight is 371 g/mol.